The first-order chi connectivity index (χ1) is 36.5. The summed E-state index contributed by atoms with van der Waals surface area (Å²) in [5, 5.41) is 13.9. The van der Waals surface area contributed by atoms with E-state index in [0.29, 0.717) is 17.4 Å². The van der Waals surface area contributed by atoms with E-state index in [4.69, 9.17) is 9.05 Å². The number of allylic oxidation sites excluding steroid dienone is 19. The number of aliphatic hydroxyl groups excluding tert-OH is 1. The van der Waals surface area contributed by atoms with Gasteiger partial charge in [-0.1, -0.05) is 257 Å². The second kappa shape index (κ2) is 55.6. The summed E-state index contributed by atoms with van der Waals surface area (Å²) in [6.07, 6.45) is 83.2. The van der Waals surface area contributed by atoms with Crippen LogP contribution >= 0.6 is 7.82 Å². The van der Waals surface area contributed by atoms with Gasteiger partial charge in [-0.2, -0.15) is 0 Å². The van der Waals surface area contributed by atoms with Crippen LogP contribution in [0, 0.1) is 0 Å². The molecule has 0 heterocycles. The van der Waals surface area contributed by atoms with Gasteiger partial charge in [-0.3, -0.25) is 13.8 Å². The van der Waals surface area contributed by atoms with Crippen molar-refractivity contribution in [3.63, 3.8) is 0 Å². The zero-order valence-electron chi connectivity index (χ0n) is 49.0. The highest BCUT2D eigenvalue weighted by atomic mass is 31.2. The highest BCUT2D eigenvalue weighted by Crippen LogP contribution is 2.43. The van der Waals surface area contributed by atoms with Gasteiger partial charge < -0.3 is 19.8 Å². The number of quaternary nitrogens is 1. The molecule has 0 fully saturated rings. The van der Waals surface area contributed by atoms with Crippen LogP contribution in [0.1, 0.15) is 239 Å². The van der Waals surface area contributed by atoms with Gasteiger partial charge in [0.25, 0.3) is 0 Å². The number of carbonyl (C=O) groups excluding carboxylic acids is 1. The molecule has 8 nitrogen and oxygen atoms in total. The van der Waals surface area contributed by atoms with Gasteiger partial charge in [0.15, 0.2) is 0 Å². The Balaban J connectivity index is 4.36. The van der Waals surface area contributed by atoms with Crippen LogP contribution in [-0.2, 0) is 18.4 Å². The number of carbonyl (C=O) groups is 1. The lowest BCUT2D eigenvalue weighted by molar-refractivity contribution is -0.870. The van der Waals surface area contributed by atoms with Gasteiger partial charge in [0.2, 0.25) is 5.91 Å². The number of hydrogen-bond acceptors (Lipinski definition) is 5. The quantitative estimate of drug-likeness (QED) is 0.0243. The molecule has 3 atom stereocenters. The van der Waals surface area contributed by atoms with Gasteiger partial charge in [0, 0.05) is 6.42 Å². The maximum absolute atomic E-state index is 13.0. The van der Waals surface area contributed by atoms with Crippen molar-refractivity contribution in [2.45, 2.75) is 251 Å². The van der Waals surface area contributed by atoms with Crippen LogP contribution in [0.2, 0.25) is 0 Å². The van der Waals surface area contributed by atoms with E-state index in [-0.39, 0.29) is 25.5 Å². The predicted octanol–water partition coefficient (Wildman–Crippen LogP) is 18.9. The van der Waals surface area contributed by atoms with Crippen molar-refractivity contribution in [2.75, 3.05) is 40.9 Å². The smallest absolute Gasteiger partial charge is 0.387 e. The Morgan fingerprint density at radius 2 is 0.813 bits per heavy atom. The third-order valence-corrected chi connectivity index (χ3v) is 13.9. The molecule has 0 bridgehead atoms. The number of aliphatic hydroxyl groups is 1. The molecule has 75 heavy (non-hydrogen) atoms. The molecule has 0 aliphatic carbocycles. The van der Waals surface area contributed by atoms with E-state index in [2.05, 4.69) is 129 Å². The van der Waals surface area contributed by atoms with Gasteiger partial charge in [0.05, 0.1) is 39.9 Å². The lowest BCUT2D eigenvalue weighted by Gasteiger charge is -2.25. The number of hydrogen-bond donors (Lipinski definition) is 3. The number of rotatable bonds is 54. The maximum atomic E-state index is 13.0. The van der Waals surface area contributed by atoms with E-state index in [0.717, 1.165) is 83.5 Å². The van der Waals surface area contributed by atoms with Crippen LogP contribution in [0.3, 0.4) is 0 Å². The molecule has 0 aliphatic heterocycles. The summed E-state index contributed by atoms with van der Waals surface area (Å²) in [7, 11) is 1.51. The SMILES string of the molecule is CC/C=C\C/C=C\C/C=C\C/C=C\C/C=C\C/C=C\C/C=C\C/C=C\CCCCC(=O)NC(COP(=O)(O)OCC[N+](C)(C)C)C(O)/C=C/CC/C=C/CCCCCCCCCCCCCCCCCCCCCC. The van der Waals surface area contributed by atoms with Crippen LogP contribution in [-0.4, -0.2) is 73.4 Å². The number of nitrogens with zero attached hydrogens (tertiary/aromatic N) is 1. The molecular formula is C66H116N2O6P+. The van der Waals surface area contributed by atoms with Gasteiger partial charge in [-0.15, -0.1) is 0 Å². The van der Waals surface area contributed by atoms with E-state index in [9.17, 15) is 19.4 Å². The van der Waals surface area contributed by atoms with Crippen molar-refractivity contribution >= 4 is 13.7 Å². The first-order valence-electron chi connectivity index (χ1n) is 30.4. The summed E-state index contributed by atoms with van der Waals surface area (Å²) in [6, 6.07) is -0.898. The molecule has 0 saturated heterocycles. The molecule has 0 spiro atoms. The largest absolute Gasteiger partial charge is 0.472 e. The Hall–Kier alpha value is -3.10. The van der Waals surface area contributed by atoms with Gasteiger partial charge in [0.1, 0.15) is 13.2 Å². The maximum Gasteiger partial charge on any atom is 0.472 e. The van der Waals surface area contributed by atoms with Gasteiger partial charge in [-0.05, 0) is 96.3 Å². The predicted molar refractivity (Wildman–Crippen MR) is 327 cm³/mol. The number of phosphoric ester groups is 1. The van der Waals surface area contributed by atoms with E-state index in [1.807, 2.05) is 27.2 Å². The van der Waals surface area contributed by atoms with Gasteiger partial charge in [-0.25, -0.2) is 4.57 Å². The Bertz CT molecular complexity index is 1630. The third kappa shape index (κ3) is 58.4. The standard InChI is InChI=1S/C66H115N2O6P/c1-6-8-10-12-14-16-18-20-22-24-26-28-30-32-34-36-38-40-42-44-46-48-50-52-54-56-58-60-66(70)67-64(63-74-75(71,72)73-62-61-68(3,4)5)65(69)59-57-55-53-51-49-47-45-43-41-39-37-35-33-31-29-27-25-23-21-19-17-15-13-11-9-7-2/h8,10,14,16,20,22,26,28,32,34,38,40,44,46,49-52,57,59,64-65,69H,6-7,9,11-13,15,17-19,21,23-25,27,29-31,33,35-37,39,41-43,45,47-48,53-56,58,60-63H2,1-5H3,(H-,67,70,71,72)/p+1/b10-8-,16-14-,22-20-,28-26-,34-32-,40-38-,46-44-,51-49+,52-50-,59-57+. The second-order valence-corrected chi connectivity index (χ2v) is 22.8. The molecular weight excluding hydrogens is 948 g/mol. The third-order valence-electron chi connectivity index (χ3n) is 12.9. The highest BCUT2D eigenvalue weighted by Gasteiger charge is 2.27. The van der Waals surface area contributed by atoms with Crippen molar-refractivity contribution in [3.8, 4) is 0 Å². The van der Waals surface area contributed by atoms with Crippen LogP contribution in [0.15, 0.2) is 122 Å². The summed E-state index contributed by atoms with van der Waals surface area (Å²) >= 11 is 0. The number of phosphoric acid groups is 1. The van der Waals surface area contributed by atoms with Crippen LogP contribution < -0.4 is 5.32 Å². The summed E-state index contributed by atoms with van der Waals surface area (Å²) in [6.45, 7) is 4.65. The molecule has 430 valence electrons. The molecule has 3 unspecified atom stereocenters. The normalized spacial score (nSPS) is 14.7. The summed E-state index contributed by atoms with van der Waals surface area (Å²) in [5.74, 6) is -0.232. The Morgan fingerprint density at radius 3 is 1.23 bits per heavy atom. The number of amides is 1. The highest BCUT2D eigenvalue weighted by molar-refractivity contribution is 7.47. The Labute approximate surface area is 463 Å². The summed E-state index contributed by atoms with van der Waals surface area (Å²) in [5.41, 5.74) is 0. The van der Waals surface area contributed by atoms with E-state index in [1.165, 1.54) is 128 Å². The van der Waals surface area contributed by atoms with Crippen molar-refractivity contribution in [3.05, 3.63) is 122 Å². The molecule has 0 aromatic carbocycles. The van der Waals surface area contributed by atoms with Crippen molar-refractivity contribution in [1.29, 1.82) is 0 Å². The molecule has 0 aromatic heterocycles. The summed E-state index contributed by atoms with van der Waals surface area (Å²) in [4.78, 5) is 23.3. The number of unbranched alkanes of at least 4 members (excludes halogenated alkanes) is 23. The van der Waals surface area contributed by atoms with Crippen molar-refractivity contribution in [1.82, 2.24) is 5.32 Å². The lowest BCUT2D eigenvalue weighted by Crippen LogP contribution is -2.45. The molecule has 0 aliphatic rings. The number of nitrogens with one attached hydrogen (secondary N) is 1. The molecule has 0 radical (unpaired) electrons. The molecule has 0 saturated carbocycles. The monoisotopic (exact) mass is 1060 g/mol. The topological polar surface area (TPSA) is 105 Å². The minimum absolute atomic E-state index is 0.0406. The molecule has 1 amide bonds. The van der Waals surface area contributed by atoms with Crippen LogP contribution in [0.4, 0.5) is 0 Å². The minimum atomic E-state index is -4.38. The first-order valence-corrected chi connectivity index (χ1v) is 31.9. The molecule has 0 aromatic rings. The van der Waals surface area contributed by atoms with E-state index in [1.54, 1.807) is 6.08 Å². The molecule has 9 heteroatoms. The summed E-state index contributed by atoms with van der Waals surface area (Å²) < 4.78 is 23.7. The van der Waals surface area contributed by atoms with Gasteiger partial charge >= 0.3 is 7.82 Å². The lowest BCUT2D eigenvalue weighted by atomic mass is 10.0. The first kappa shape index (κ1) is 71.9. The fourth-order valence-corrected chi connectivity index (χ4v) is 8.93. The van der Waals surface area contributed by atoms with E-state index < -0.39 is 20.0 Å². The Morgan fingerprint density at radius 1 is 0.467 bits per heavy atom. The average molecular weight is 1060 g/mol. The fourth-order valence-electron chi connectivity index (χ4n) is 8.19. The fraction of sp³-hybridized carbons (Fsp3) is 0.682. The number of likely N-dealkylation sites (N-methyl/N-ethyl adjacent to an activating group) is 1. The zero-order chi connectivity index (χ0) is 54.9. The average Bonchev–Trinajstić information content (AvgIpc) is 3.37. The molecule has 0 rings (SSSR count). The van der Waals surface area contributed by atoms with Crippen molar-refractivity contribution < 1.29 is 32.9 Å². The van der Waals surface area contributed by atoms with Crippen LogP contribution in [0.25, 0.3) is 0 Å². The van der Waals surface area contributed by atoms with Crippen LogP contribution in [0.5, 0.6) is 0 Å². The van der Waals surface area contributed by atoms with Crippen molar-refractivity contribution in [2.24, 2.45) is 0 Å². The zero-order valence-corrected chi connectivity index (χ0v) is 49.9. The second-order valence-electron chi connectivity index (χ2n) is 21.3. The molecule has 3 N–H and O–H groups in total. The Kier molecular flexibility index (Phi) is 53.3. The van der Waals surface area contributed by atoms with E-state index >= 15 is 0 Å². The minimum Gasteiger partial charge on any atom is -0.387 e.